The molecular formula is C16H17ClN2. The van der Waals surface area contributed by atoms with Gasteiger partial charge >= 0.3 is 0 Å². The van der Waals surface area contributed by atoms with Crippen molar-refractivity contribution < 1.29 is 0 Å². The number of anilines is 1. The van der Waals surface area contributed by atoms with Crippen molar-refractivity contribution in [3.63, 3.8) is 0 Å². The molecule has 3 heteroatoms. The van der Waals surface area contributed by atoms with Crippen LogP contribution in [0.1, 0.15) is 24.0 Å². The molecule has 1 aliphatic heterocycles. The summed E-state index contributed by atoms with van der Waals surface area (Å²) < 4.78 is 0. The second kappa shape index (κ2) is 5.62. The molecule has 98 valence electrons. The average Bonchev–Trinajstić information content (AvgIpc) is 2.62. The number of halogens is 1. The summed E-state index contributed by atoms with van der Waals surface area (Å²) in [7, 11) is 0. The smallest absolute Gasteiger partial charge is 0.129 e. The normalized spacial score (nSPS) is 14.9. The third-order valence-electron chi connectivity index (χ3n) is 3.62. The van der Waals surface area contributed by atoms with Crippen LogP contribution in [0.4, 0.5) is 5.69 Å². The van der Waals surface area contributed by atoms with Crippen molar-refractivity contribution in [2.75, 3.05) is 11.4 Å². The van der Waals surface area contributed by atoms with Crippen LogP contribution in [0.3, 0.4) is 0 Å². The minimum atomic E-state index is 0.570. The van der Waals surface area contributed by atoms with Crippen molar-refractivity contribution in [1.29, 1.82) is 0 Å². The highest BCUT2D eigenvalue weighted by molar-refractivity contribution is 6.29. The Kier molecular flexibility index (Phi) is 3.69. The van der Waals surface area contributed by atoms with Crippen molar-refractivity contribution in [3.8, 4) is 0 Å². The minimum absolute atomic E-state index is 0.570. The summed E-state index contributed by atoms with van der Waals surface area (Å²) in [5, 5.41) is 0.570. The SMILES string of the molecule is Clc1cc(CN2CCCCc3ccccc32)ccn1. The van der Waals surface area contributed by atoms with Gasteiger partial charge in [-0.2, -0.15) is 0 Å². The molecule has 0 N–H and O–H groups in total. The lowest BCUT2D eigenvalue weighted by molar-refractivity contribution is 0.714. The molecule has 0 radical (unpaired) electrons. The van der Waals surface area contributed by atoms with E-state index in [1.165, 1.54) is 36.1 Å². The number of nitrogens with zero attached hydrogens (tertiary/aromatic N) is 2. The molecule has 0 atom stereocenters. The molecule has 0 amide bonds. The topological polar surface area (TPSA) is 16.1 Å². The molecule has 19 heavy (non-hydrogen) atoms. The highest BCUT2D eigenvalue weighted by Crippen LogP contribution is 2.27. The van der Waals surface area contributed by atoms with Crippen molar-refractivity contribution in [2.45, 2.75) is 25.8 Å². The average molecular weight is 273 g/mol. The van der Waals surface area contributed by atoms with Crippen LogP contribution in [0.25, 0.3) is 0 Å². The predicted octanol–water partition coefficient (Wildman–Crippen LogP) is 4.08. The van der Waals surface area contributed by atoms with Crippen molar-refractivity contribution in [3.05, 3.63) is 58.9 Å². The lowest BCUT2D eigenvalue weighted by atomic mass is 10.1. The van der Waals surface area contributed by atoms with Crippen LogP contribution < -0.4 is 4.90 Å². The number of aromatic nitrogens is 1. The molecule has 3 rings (SSSR count). The maximum atomic E-state index is 5.97. The van der Waals surface area contributed by atoms with E-state index in [2.05, 4.69) is 34.1 Å². The molecule has 2 heterocycles. The molecule has 2 aromatic rings. The fourth-order valence-electron chi connectivity index (χ4n) is 2.69. The van der Waals surface area contributed by atoms with Crippen LogP contribution in [-0.4, -0.2) is 11.5 Å². The maximum Gasteiger partial charge on any atom is 0.129 e. The van der Waals surface area contributed by atoms with E-state index >= 15 is 0 Å². The molecule has 1 aliphatic rings. The van der Waals surface area contributed by atoms with Crippen LogP contribution in [0.5, 0.6) is 0 Å². The Morgan fingerprint density at radius 1 is 1.16 bits per heavy atom. The molecule has 0 spiro atoms. The second-order valence-electron chi connectivity index (χ2n) is 4.99. The minimum Gasteiger partial charge on any atom is -0.367 e. The van der Waals surface area contributed by atoms with E-state index in [-0.39, 0.29) is 0 Å². The largest absolute Gasteiger partial charge is 0.367 e. The Bertz CT molecular complexity index is 568. The molecule has 1 aromatic carbocycles. The Hall–Kier alpha value is -1.54. The van der Waals surface area contributed by atoms with E-state index < -0.39 is 0 Å². The Labute approximate surface area is 119 Å². The first kappa shape index (κ1) is 12.5. The zero-order chi connectivity index (χ0) is 13.1. The summed E-state index contributed by atoms with van der Waals surface area (Å²) in [6.07, 6.45) is 5.48. The first-order valence-electron chi connectivity index (χ1n) is 6.76. The number of hydrogen-bond donors (Lipinski definition) is 0. The highest BCUT2D eigenvalue weighted by Gasteiger charge is 2.14. The standard InChI is InChI=1S/C16H17ClN2/c17-16-11-13(8-9-18-16)12-19-10-4-3-6-14-5-1-2-7-15(14)19/h1-2,5,7-9,11H,3-4,6,10,12H2. The van der Waals surface area contributed by atoms with Gasteiger partial charge in [-0.15, -0.1) is 0 Å². The van der Waals surface area contributed by atoms with Gasteiger partial charge in [-0.05, 0) is 48.6 Å². The molecule has 0 saturated heterocycles. The lowest BCUT2D eigenvalue weighted by Crippen LogP contribution is -2.23. The number of benzene rings is 1. The third-order valence-corrected chi connectivity index (χ3v) is 3.83. The quantitative estimate of drug-likeness (QED) is 0.766. The van der Waals surface area contributed by atoms with Gasteiger partial charge in [-0.1, -0.05) is 29.8 Å². The summed E-state index contributed by atoms with van der Waals surface area (Å²) in [5.74, 6) is 0. The van der Waals surface area contributed by atoms with E-state index in [1.807, 2.05) is 12.1 Å². The number of pyridine rings is 1. The third kappa shape index (κ3) is 2.90. The van der Waals surface area contributed by atoms with Gasteiger partial charge in [-0.25, -0.2) is 4.98 Å². The van der Waals surface area contributed by atoms with Crippen molar-refractivity contribution in [1.82, 2.24) is 4.98 Å². The fraction of sp³-hybridized carbons (Fsp3) is 0.312. The number of rotatable bonds is 2. The summed E-state index contributed by atoms with van der Waals surface area (Å²) in [6.45, 7) is 2.01. The Morgan fingerprint density at radius 3 is 2.95 bits per heavy atom. The summed E-state index contributed by atoms with van der Waals surface area (Å²) in [4.78, 5) is 6.50. The zero-order valence-electron chi connectivity index (χ0n) is 10.8. The molecule has 0 fully saturated rings. The molecule has 2 nitrogen and oxygen atoms in total. The highest BCUT2D eigenvalue weighted by atomic mass is 35.5. The first-order chi connectivity index (χ1) is 9.33. The van der Waals surface area contributed by atoms with Crippen LogP contribution in [-0.2, 0) is 13.0 Å². The van der Waals surface area contributed by atoms with Crippen LogP contribution >= 0.6 is 11.6 Å². The van der Waals surface area contributed by atoms with Gasteiger partial charge in [-0.3, -0.25) is 0 Å². The molecule has 0 unspecified atom stereocenters. The van der Waals surface area contributed by atoms with Gasteiger partial charge < -0.3 is 4.90 Å². The fourth-order valence-corrected chi connectivity index (χ4v) is 2.89. The second-order valence-corrected chi connectivity index (χ2v) is 5.38. The van der Waals surface area contributed by atoms with Crippen molar-refractivity contribution >= 4 is 17.3 Å². The molecule has 0 aliphatic carbocycles. The monoisotopic (exact) mass is 272 g/mol. The molecular weight excluding hydrogens is 256 g/mol. The van der Waals surface area contributed by atoms with E-state index in [0.29, 0.717) is 5.15 Å². The molecule has 1 aromatic heterocycles. The van der Waals surface area contributed by atoms with E-state index in [4.69, 9.17) is 11.6 Å². The van der Waals surface area contributed by atoms with Gasteiger partial charge in [0.1, 0.15) is 5.15 Å². The predicted molar refractivity (Wildman–Crippen MR) is 79.7 cm³/mol. The zero-order valence-corrected chi connectivity index (χ0v) is 11.6. The van der Waals surface area contributed by atoms with Gasteiger partial charge in [0, 0.05) is 25.0 Å². The van der Waals surface area contributed by atoms with Gasteiger partial charge in [0.15, 0.2) is 0 Å². The molecule has 0 bridgehead atoms. The summed E-state index contributed by atoms with van der Waals surface area (Å²) in [5.41, 5.74) is 4.05. The number of fused-ring (bicyclic) bond motifs is 1. The first-order valence-corrected chi connectivity index (χ1v) is 7.14. The Balaban J connectivity index is 1.88. The van der Waals surface area contributed by atoms with Gasteiger partial charge in [0.05, 0.1) is 0 Å². The van der Waals surface area contributed by atoms with Gasteiger partial charge in [0.2, 0.25) is 0 Å². The van der Waals surface area contributed by atoms with E-state index in [0.717, 1.165) is 13.1 Å². The maximum absolute atomic E-state index is 5.97. The summed E-state index contributed by atoms with van der Waals surface area (Å²) >= 11 is 5.97. The summed E-state index contributed by atoms with van der Waals surface area (Å²) in [6, 6.07) is 12.7. The van der Waals surface area contributed by atoms with Crippen molar-refractivity contribution in [2.24, 2.45) is 0 Å². The van der Waals surface area contributed by atoms with E-state index in [1.54, 1.807) is 6.20 Å². The number of aryl methyl sites for hydroxylation is 1. The van der Waals surface area contributed by atoms with Crippen LogP contribution in [0.15, 0.2) is 42.6 Å². The number of hydrogen-bond acceptors (Lipinski definition) is 2. The molecule has 0 saturated carbocycles. The van der Waals surface area contributed by atoms with Gasteiger partial charge in [0.25, 0.3) is 0 Å². The Morgan fingerprint density at radius 2 is 2.05 bits per heavy atom. The van der Waals surface area contributed by atoms with E-state index in [9.17, 15) is 0 Å². The lowest BCUT2D eigenvalue weighted by Gasteiger charge is -2.25. The van der Waals surface area contributed by atoms with Crippen LogP contribution in [0, 0.1) is 0 Å². The number of para-hydroxylation sites is 1. The van der Waals surface area contributed by atoms with Crippen LogP contribution in [0.2, 0.25) is 5.15 Å².